The van der Waals surface area contributed by atoms with E-state index in [-0.39, 0.29) is 33.6 Å². The molecule has 0 saturated heterocycles. The van der Waals surface area contributed by atoms with Gasteiger partial charge in [-0.25, -0.2) is 19.2 Å². The van der Waals surface area contributed by atoms with Crippen molar-refractivity contribution in [2.75, 3.05) is 6.61 Å². The number of nitrogens with zero attached hydrogens (tertiary/aromatic N) is 2. The number of benzene rings is 1. The first-order valence-electron chi connectivity index (χ1n) is 8.41. The summed E-state index contributed by atoms with van der Waals surface area (Å²) in [5, 5.41) is 9.25. The number of nitrogens with one attached hydrogen (secondary N) is 1. The zero-order valence-electron chi connectivity index (χ0n) is 14.3. The summed E-state index contributed by atoms with van der Waals surface area (Å²) < 4.78 is 49.4. The van der Waals surface area contributed by atoms with Crippen molar-refractivity contribution in [1.29, 1.82) is 0 Å². The second-order valence-corrected chi connectivity index (χ2v) is 6.37. The number of aromatic carboxylic acids is 1. The number of halogens is 3. The molecule has 2 N–H and O–H groups in total. The SMILES string of the molecule is O=C(O)c1c[nH]c2c(-c3cc(F)c(OC(F)F)cc3OCC3CC3)ncnc12. The van der Waals surface area contributed by atoms with E-state index >= 15 is 0 Å². The Balaban J connectivity index is 1.84. The molecule has 0 radical (unpaired) electrons. The van der Waals surface area contributed by atoms with Gasteiger partial charge in [0.05, 0.1) is 12.1 Å². The van der Waals surface area contributed by atoms with Crippen LogP contribution in [0.1, 0.15) is 23.2 Å². The Kier molecular flexibility index (Phi) is 4.54. The first-order valence-corrected chi connectivity index (χ1v) is 8.41. The van der Waals surface area contributed by atoms with Gasteiger partial charge in [-0.3, -0.25) is 0 Å². The molecule has 0 bridgehead atoms. The second kappa shape index (κ2) is 7.02. The highest BCUT2D eigenvalue weighted by atomic mass is 19.3. The number of H-pyrrole nitrogens is 1. The van der Waals surface area contributed by atoms with Crippen molar-refractivity contribution < 1.29 is 32.5 Å². The number of ether oxygens (including phenoxy) is 2. The summed E-state index contributed by atoms with van der Waals surface area (Å²) in [7, 11) is 0. The number of carboxylic acid groups (broad SMARTS) is 1. The van der Waals surface area contributed by atoms with Crippen LogP contribution in [0, 0.1) is 11.7 Å². The van der Waals surface area contributed by atoms with Crippen molar-refractivity contribution in [2.24, 2.45) is 5.92 Å². The number of rotatable bonds is 7. The Morgan fingerprint density at radius 1 is 1.29 bits per heavy atom. The number of aromatic nitrogens is 3. The second-order valence-electron chi connectivity index (χ2n) is 6.37. The highest BCUT2D eigenvalue weighted by molar-refractivity contribution is 6.04. The molecule has 1 aliphatic rings. The lowest BCUT2D eigenvalue weighted by Gasteiger charge is -2.14. The maximum absolute atomic E-state index is 14.4. The lowest BCUT2D eigenvalue weighted by atomic mass is 10.1. The Labute approximate surface area is 156 Å². The van der Waals surface area contributed by atoms with Crippen LogP contribution in [0.3, 0.4) is 0 Å². The van der Waals surface area contributed by atoms with E-state index in [0.717, 1.165) is 31.3 Å². The molecule has 0 amide bonds. The third kappa shape index (κ3) is 3.45. The van der Waals surface area contributed by atoms with Gasteiger partial charge in [-0.05, 0) is 24.8 Å². The molecule has 0 unspecified atom stereocenters. The molecule has 10 heteroatoms. The summed E-state index contributed by atoms with van der Waals surface area (Å²) in [6.07, 6.45) is 4.38. The van der Waals surface area contributed by atoms with E-state index < -0.39 is 24.1 Å². The van der Waals surface area contributed by atoms with Crippen molar-refractivity contribution in [3.63, 3.8) is 0 Å². The van der Waals surface area contributed by atoms with E-state index in [9.17, 15) is 23.1 Å². The van der Waals surface area contributed by atoms with E-state index in [4.69, 9.17) is 4.74 Å². The molecular weight excluding hydrogens is 379 g/mol. The summed E-state index contributed by atoms with van der Waals surface area (Å²) in [5.41, 5.74) is 0.686. The number of fused-ring (bicyclic) bond motifs is 1. The van der Waals surface area contributed by atoms with Crippen molar-refractivity contribution in [3.8, 4) is 22.8 Å². The Bertz CT molecular complexity index is 1050. The molecule has 3 aromatic rings. The zero-order chi connectivity index (χ0) is 19.8. The Morgan fingerprint density at radius 2 is 2.07 bits per heavy atom. The van der Waals surface area contributed by atoms with Crippen LogP contribution >= 0.6 is 0 Å². The summed E-state index contributed by atoms with van der Waals surface area (Å²) in [6, 6.07) is 2.02. The van der Waals surface area contributed by atoms with Crippen LogP contribution < -0.4 is 9.47 Å². The monoisotopic (exact) mass is 393 g/mol. The van der Waals surface area contributed by atoms with Crippen LogP contribution in [-0.2, 0) is 0 Å². The van der Waals surface area contributed by atoms with E-state index in [1.165, 1.54) is 6.20 Å². The predicted molar refractivity (Wildman–Crippen MR) is 91.1 cm³/mol. The van der Waals surface area contributed by atoms with E-state index in [0.29, 0.717) is 12.5 Å². The van der Waals surface area contributed by atoms with Gasteiger partial charge in [-0.2, -0.15) is 8.78 Å². The molecule has 0 aliphatic heterocycles. The van der Waals surface area contributed by atoms with E-state index in [1.807, 2.05) is 0 Å². The first-order chi connectivity index (χ1) is 13.4. The van der Waals surface area contributed by atoms with Gasteiger partial charge in [0.15, 0.2) is 11.6 Å². The molecule has 146 valence electrons. The molecular formula is C18H14F3N3O4. The highest BCUT2D eigenvalue weighted by Gasteiger charge is 2.25. The Morgan fingerprint density at radius 3 is 2.75 bits per heavy atom. The lowest BCUT2D eigenvalue weighted by Crippen LogP contribution is -2.06. The van der Waals surface area contributed by atoms with Gasteiger partial charge in [-0.1, -0.05) is 0 Å². The number of hydrogen-bond donors (Lipinski definition) is 2. The molecule has 0 atom stereocenters. The zero-order valence-corrected chi connectivity index (χ0v) is 14.3. The van der Waals surface area contributed by atoms with Crippen molar-refractivity contribution in [2.45, 2.75) is 19.5 Å². The largest absolute Gasteiger partial charge is 0.492 e. The Hall–Kier alpha value is -3.30. The topological polar surface area (TPSA) is 97.3 Å². The lowest BCUT2D eigenvalue weighted by molar-refractivity contribution is -0.0522. The minimum Gasteiger partial charge on any atom is -0.492 e. The normalized spacial score (nSPS) is 13.9. The molecule has 28 heavy (non-hydrogen) atoms. The van der Waals surface area contributed by atoms with Crippen LogP contribution in [0.25, 0.3) is 22.3 Å². The fraction of sp³-hybridized carbons (Fsp3) is 0.278. The highest BCUT2D eigenvalue weighted by Crippen LogP contribution is 2.39. The van der Waals surface area contributed by atoms with Gasteiger partial charge in [-0.15, -0.1) is 0 Å². The van der Waals surface area contributed by atoms with E-state index in [1.54, 1.807) is 0 Å². The molecule has 1 aromatic carbocycles. The molecule has 4 rings (SSSR count). The maximum atomic E-state index is 14.4. The summed E-state index contributed by atoms with van der Waals surface area (Å²) in [4.78, 5) is 22.2. The van der Waals surface area contributed by atoms with Gasteiger partial charge in [0.25, 0.3) is 0 Å². The van der Waals surface area contributed by atoms with Gasteiger partial charge in [0.2, 0.25) is 0 Å². The minimum atomic E-state index is -3.19. The standard InChI is InChI=1S/C18H14F3N3O4/c19-11-3-9(12(27-6-8-1-2-8)4-13(11)28-18(20)21)14-16-15(24-7-23-14)10(5-22-16)17(25)26/h3-5,7-8,18,22H,1-2,6H2,(H,25,26). The van der Waals surface area contributed by atoms with Crippen LogP contribution in [0.15, 0.2) is 24.7 Å². The van der Waals surface area contributed by atoms with E-state index in [2.05, 4.69) is 19.7 Å². The molecule has 1 aliphatic carbocycles. The van der Waals surface area contributed by atoms with Gasteiger partial charge in [0.1, 0.15) is 28.9 Å². The number of aromatic amines is 1. The summed E-state index contributed by atoms with van der Waals surface area (Å²) in [6.45, 7) is -2.85. The molecule has 1 saturated carbocycles. The number of alkyl halides is 2. The number of hydrogen-bond acceptors (Lipinski definition) is 5. The van der Waals surface area contributed by atoms with Crippen molar-refractivity contribution >= 4 is 17.0 Å². The third-order valence-corrected chi connectivity index (χ3v) is 4.37. The first kappa shape index (κ1) is 18.1. The summed E-state index contributed by atoms with van der Waals surface area (Å²) >= 11 is 0. The summed E-state index contributed by atoms with van der Waals surface area (Å²) in [5.74, 6) is -2.39. The van der Waals surface area contributed by atoms with Crippen LogP contribution in [-0.4, -0.2) is 39.2 Å². The van der Waals surface area contributed by atoms with Gasteiger partial charge in [0, 0.05) is 17.8 Å². The average Bonchev–Trinajstić information content (AvgIpc) is 3.37. The molecule has 2 aromatic heterocycles. The average molecular weight is 393 g/mol. The fourth-order valence-corrected chi connectivity index (χ4v) is 2.82. The van der Waals surface area contributed by atoms with Crippen molar-refractivity contribution in [3.05, 3.63) is 36.0 Å². The molecule has 0 spiro atoms. The van der Waals surface area contributed by atoms with Crippen LogP contribution in [0.2, 0.25) is 0 Å². The minimum absolute atomic E-state index is 0.0720. The van der Waals surface area contributed by atoms with Crippen LogP contribution in [0.4, 0.5) is 13.2 Å². The molecule has 2 heterocycles. The predicted octanol–water partition coefficient (Wildman–Crippen LogP) is 3.85. The molecule has 7 nitrogen and oxygen atoms in total. The smallest absolute Gasteiger partial charge is 0.387 e. The van der Waals surface area contributed by atoms with Gasteiger partial charge >= 0.3 is 12.6 Å². The number of carbonyl (C=O) groups is 1. The fourth-order valence-electron chi connectivity index (χ4n) is 2.82. The third-order valence-electron chi connectivity index (χ3n) is 4.37. The van der Waals surface area contributed by atoms with Crippen LogP contribution in [0.5, 0.6) is 11.5 Å². The molecule has 1 fully saturated rings. The quantitative estimate of drug-likeness (QED) is 0.633. The van der Waals surface area contributed by atoms with Gasteiger partial charge < -0.3 is 19.6 Å². The van der Waals surface area contributed by atoms with Crippen molar-refractivity contribution in [1.82, 2.24) is 15.0 Å². The maximum Gasteiger partial charge on any atom is 0.387 e. The number of carboxylic acids is 1.